The zero-order valence-electron chi connectivity index (χ0n) is 18.1. The molecule has 1 aromatic heterocycles. The number of aromatic nitrogens is 2. The van der Waals surface area contributed by atoms with Crippen molar-refractivity contribution in [2.45, 2.75) is 43.7 Å². The number of benzene rings is 2. The molecule has 0 amide bonds. The zero-order chi connectivity index (χ0) is 24.1. The molecule has 1 aliphatic heterocycles. The van der Waals surface area contributed by atoms with Crippen LogP contribution in [0.3, 0.4) is 0 Å². The molecule has 4 atom stereocenters. The topological polar surface area (TPSA) is 103 Å². The lowest BCUT2D eigenvalue weighted by Crippen LogP contribution is -2.53. The predicted molar refractivity (Wildman–Crippen MR) is 117 cm³/mol. The van der Waals surface area contributed by atoms with Gasteiger partial charge in [0.15, 0.2) is 11.8 Å². The third-order valence-electron chi connectivity index (χ3n) is 5.63. The van der Waals surface area contributed by atoms with Crippen LogP contribution in [0.25, 0.3) is 0 Å². The maximum Gasteiger partial charge on any atom is 0.330 e. The molecule has 1 aliphatic rings. The number of halogens is 2. The van der Waals surface area contributed by atoms with E-state index in [2.05, 4.69) is 0 Å². The van der Waals surface area contributed by atoms with E-state index in [1.165, 1.54) is 0 Å². The second-order valence-electron chi connectivity index (χ2n) is 7.97. The summed E-state index contributed by atoms with van der Waals surface area (Å²) < 4.78 is 47.0. The van der Waals surface area contributed by atoms with E-state index in [9.17, 15) is 23.5 Å². The van der Waals surface area contributed by atoms with Gasteiger partial charge in [-0.3, -0.25) is 14.3 Å². The summed E-state index contributed by atoms with van der Waals surface area (Å²) in [6, 6.07) is 18.9. The van der Waals surface area contributed by atoms with Crippen LogP contribution >= 0.6 is 0 Å². The molecule has 4 unspecified atom stereocenters. The Labute approximate surface area is 193 Å². The van der Waals surface area contributed by atoms with Crippen LogP contribution in [0.5, 0.6) is 0 Å². The van der Waals surface area contributed by atoms with Gasteiger partial charge < -0.3 is 19.3 Å². The number of H-pyrrole nitrogens is 1. The third-order valence-corrected chi connectivity index (χ3v) is 5.63. The highest BCUT2D eigenvalue weighted by Gasteiger charge is 2.62. The van der Waals surface area contributed by atoms with E-state index in [0.717, 1.165) is 22.4 Å². The first-order valence-corrected chi connectivity index (χ1v) is 10.6. The molecule has 0 saturated carbocycles. The Morgan fingerprint density at radius 2 is 1.62 bits per heavy atom. The molecule has 2 heterocycles. The van der Waals surface area contributed by atoms with E-state index in [1.54, 1.807) is 54.6 Å². The number of nitrogens with zero attached hydrogens (tertiary/aromatic N) is 1. The second-order valence-corrected chi connectivity index (χ2v) is 7.97. The molecule has 2 N–H and O–H groups in total. The number of aliphatic hydroxyl groups is 1. The maximum atomic E-state index is 14.6. The number of hydrogen-bond acceptors (Lipinski definition) is 6. The Hall–Kier alpha value is -3.18. The molecule has 10 heteroatoms. The normalized spacial score (nSPS) is 24.5. The number of alkyl halides is 2. The van der Waals surface area contributed by atoms with Crippen molar-refractivity contribution in [2.75, 3.05) is 6.61 Å². The lowest BCUT2D eigenvalue weighted by atomic mass is 9.96. The van der Waals surface area contributed by atoms with Crippen molar-refractivity contribution in [2.24, 2.45) is 0 Å². The summed E-state index contributed by atoms with van der Waals surface area (Å²) in [5, 5.41) is 11.0. The summed E-state index contributed by atoms with van der Waals surface area (Å²) in [5.41, 5.74) is -2.48. The van der Waals surface area contributed by atoms with Crippen LogP contribution in [0.2, 0.25) is 0 Å². The Bertz CT molecular complexity index is 1190. The minimum absolute atomic E-state index is 0.0312. The first-order chi connectivity index (χ1) is 16.4. The van der Waals surface area contributed by atoms with Crippen LogP contribution in [0.4, 0.5) is 8.78 Å². The quantitative estimate of drug-likeness (QED) is 0.493. The van der Waals surface area contributed by atoms with Gasteiger partial charge in [-0.25, -0.2) is 13.6 Å². The van der Waals surface area contributed by atoms with Crippen molar-refractivity contribution in [1.29, 1.82) is 0 Å². The molecular weight excluding hydrogens is 450 g/mol. The van der Waals surface area contributed by atoms with Crippen molar-refractivity contribution in [3.05, 3.63) is 105 Å². The molecule has 8 nitrogen and oxygen atoms in total. The SMILES string of the molecule is O=c1ccn(C2OC(COCc3ccccc3)(C(F)F)C(OCc3ccccc3)C2O)c(=O)[nH]1. The summed E-state index contributed by atoms with van der Waals surface area (Å²) in [4.78, 5) is 25.8. The standard InChI is InChI=1S/C24H24F2N2O6/c25-22(26)24(15-32-13-16-7-3-1-4-8-16)20(33-14-17-9-5-2-6-10-17)19(30)21(34-24)28-12-11-18(29)27-23(28)31/h1-12,19-22,30H,13-15H2,(H,27,29,31). The van der Waals surface area contributed by atoms with Crippen LogP contribution in [-0.4, -0.2) is 45.5 Å². The molecule has 3 aromatic rings. The molecule has 34 heavy (non-hydrogen) atoms. The lowest BCUT2D eigenvalue weighted by Gasteiger charge is -2.33. The van der Waals surface area contributed by atoms with Gasteiger partial charge >= 0.3 is 5.69 Å². The monoisotopic (exact) mass is 474 g/mol. The second kappa shape index (κ2) is 10.4. The Kier molecular flexibility index (Phi) is 7.32. The fraction of sp³-hybridized carbons (Fsp3) is 0.333. The molecule has 0 aliphatic carbocycles. The van der Waals surface area contributed by atoms with Gasteiger partial charge in [-0.2, -0.15) is 0 Å². The Balaban J connectivity index is 1.63. The van der Waals surface area contributed by atoms with Crippen LogP contribution in [0.1, 0.15) is 17.4 Å². The molecule has 180 valence electrons. The fourth-order valence-electron chi connectivity index (χ4n) is 3.91. The molecule has 1 fully saturated rings. The van der Waals surface area contributed by atoms with Crippen molar-refractivity contribution >= 4 is 0 Å². The first kappa shape index (κ1) is 24.0. The summed E-state index contributed by atoms with van der Waals surface area (Å²) >= 11 is 0. The van der Waals surface area contributed by atoms with Gasteiger partial charge in [0, 0.05) is 12.3 Å². The minimum atomic E-state index is -3.12. The molecule has 0 bridgehead atoms. The van der Waals surface area contributed by atoms with E-state index in [-0.39, 0.29) is 13.2 Å². The number of rotatable bonds is 9. The molecular formula is C24H24F2N2O6. The summed E-state index contributed by atoms with van der Waals surface area (Å²) in [7, 11) is 0. The number of hydrogen-bond donors (Lipinski definition) is 2. The Morgan fingerprint density at radius 3 is 2.21 bits per heavy atom. The summed E-state index contributed by atoms with van der Waals surface area (Å²) in [6.07, 6.45) is -6.76. The molecule has 2 aromatic carbocycles. The third kappa shape index (κ3) is 5.00. The largest absolute Gasteiger partial charge is 0.386 e. The number of aromatic amines is 1. The first-order valence-electron chi connectivity index (χ1n) is 10.6. The summed E-state index contributed by atoms with van der Waals surface area (Å²) in [6.45, 7) is -0.652. The highest BCUT2D eigenvalue weighted by Crippen LogP contribution is 2.43. The van der Waals surface area contributed by atoms with Crippen molar-refractivity contribution in [1.82, 2.24) is 9.55 Å². The van der Waals surface area contributed by atoms with Crippen molar-refractivity contribution in [3.63, 3.8) is 0 Å². The van der Waals surface area contributed by atoms with Gasteiger partial charge in [0.2, 0.25) is 0 Å². The van der Waals surface area contributed by atoms with Crippen molar-refractivity contribution in [3.8, 4) is 0 Å². The highest BCUT2D eigenvalue weighted by atomic mass is 19.3. The van der Waals surface area contributed by atoms with Crippen LogP contribution < -0.4 is 11.2 Å². The molecule has 0 spiro atoms. The summed E-state index contributed by atoms with van der Waals surface area (Å²) in [5.74, 6) is 0. The average molecular weight is 474 g/mol. The van der Waals surface area contributed by atoms with E-state index in [4.69, 9.17) is 14.2 Å². The maximum absolute atomic E-state index is 14.6. The van der Waals surface area contributed by atoms with Gasteiger partial charge in [-0.05, 0) is 11.1 Å². The van der Waals surface area contributed by atoms with Gasteiger partial charge in [-0.15, -0.1) is 0 Å². The molecule has 0 radical (unpaired) electrons. The van der Waals surface area contributed by atoms with E-state index in [1.807, 2.05) is 11.1 Å². The average Bonchev–Trinajstić information content (AvgIpc) is 3.11. The Morgan fingerprint density at radius 1 is 1.00 bits per heavy atom. The van der Waals surface area contributed by atoms with E-state index >= 15 is 0 Å². The van der Waals surface area contributed by atoms with Gasteiger partial charge in [0.25, 0.3) is 12.0 Å². The van der Waals surface area contributed by atoms with Crippen LogP contribution in [0, 0.1) is 0 Å². The van der Waals surface area contributed by atoms with Crippen LogP contribution in [0.15, 0.2) is 82.5 Å². The van der Waals surface area contributed by atoms with Crippen molar-refractivity contribution < 1.29 is 28.1 Å². The van der Waals surface area contributed by atoms with E-state index < -0.39 is 48.3 Å². The van der Waals surface area contributed by atoms with Crippen LogP contribution in [-0.2, 0) is 27.4 Å². The zero-order valence-corrected chi connectivity index (χ0v) is 18.1. The van der Waals surface area contributed by atoms with E-state index in [0.29, 0.717) is 5.56 Å². The van der Waals surface area contributed by atoms with Gasteiger partial charge in [0.05, 0.1) is 19.8 Å². The molecule has 1 saturated heterocycles. The number of aliphatic hydroxyl groups excluding tert-OH is 1. The molecule has 4 rings (SSSR count). The smallest absolute Gasteiger partial charge is 0.330 e. The van der Waals surface area contributed by atoms with Gasteiger partial charge in [0.1, 0.15) is 12.2 Å². The van der Waals surface area contributed by atoms with Gasteiger partial charge in [-0.1, -0.05) is 60.7 Å². The number of ether oxygens (including phenoxy) is 3. The number of nitrogens with one attached hydrogen (secondary N) is 1. The lowest BCUT2D eigenvalue weighted by molar-refractivity contribution is -0.215. The highest BCUT2D eigenvalue weighted by molar-refractivity contribution is 5.15. The minimum Gasteiger partial charge on any atom is -0.386 e. The predicted octanol–water partition coefficient (Wildman–Crippen LogP) is 2.23. The fourth-order valence-corrected chi connectivity index (χ4v) is 3.91.